The molecule has 1 aromatic carbocycles. The Hall–Kier alpha value is -1.81. The predicted octanol–water partition coefficient (Wildman–Crippen LogP) is 1.11. The summed E-state index contributed by atoms with van der Waals surface area (Å²) in [6.45, 7) is 9.20. The topological polar surface area (TPSA) is 35.6 Å². The van der Waals surface area contributed by atoms with E-state index in [0.717, 1.165) is 32.7 Å². The van der Waals surface area contributed by atoms with E-state index in [2.05, 4.69) is 46.0 Å². The molecule has 0 aromatic heterocycles. The molecule has 19 heavy (non-hydrogen) atoms. The number of carbonyl (C=O) groups excluding carboxylic acids is 1. The third-order valence-corrected chi connectivity index (χ3v) is 3.41. The zero-order valence-electron chi connectivity index (χ0n) is 11.2. The van der Waals surface area contributed by atoms with Gasteiger partial charge in [-0.3, -0.25) is 9.69 Å². The molecule has 1 aliphatic rings. The molecule has 1 heterocycles. The van der Waals surface area contributed by atoms with E-state index in [1.165, 1.54) is 11.8 Å². The van der Waals surface area contributed by atoms with Crippen LogP contribution in [0.4, 0.5) is 5.69 Å². The molecule has 0 bridgehead atoms. The van der Waals surface area contributed by atoms with E-state index in [1.807, 2.05) is 6.07 Å². The van der Waals surface area contributed by atoms with Crippen LogP contribution in [-0.2, 0) is 4.79 Å². The molecular weight excluding hydrogens is 238 g/mol. The summed E-state index contributed by atoms with van der Waals surface area (Å²) < 4.78 is 0. The first-order chi connectivity index (χ1) is 9.29. The largest absolute Gasteiger partial charge is 0.369 e. The van der Waals surface area contributed by atoms with Gasteiger partial charge in [-0.2, -0.15) is 0 Å². The highest BCUT2D eigenvalue weighted by molar-refractivity contribution is 5.86. The number of piperazine rings is 1. The number of para-hydroxylation sites is 1. The van der Waals surface area contributed by atoms with Crippen molar-refractivity contribution in [2.24, 2.45) is 0 Å². The van der Waals surface area contributed by atoms with Gasteiger partial charge in [-0.25, -0.2) is 0 Å². The maximum atomic E-state index is 11.0. The van der Waals surface area contributed by atoms with E-state index in [4.69, 9.17) is 0 Å². The number of nitrogens with zero attached hydrogens (tertiary/aromatic N) is 2. The van der Waals surface area contributed by atoms with E-state index in [9.17, 15) is 4.79 Å². The van der Waals surface area contributed by atoms with Crippen LogP contribution in [-0.4, -0.2) is 50.1 Å². The predicted molar refractivity (Wildman–Crippen MR) is 78.3 cm³/mol. The molecule has 0 spiro atoms. The SMILES string of the molecule is C=CC(=O)NCCN1CCN(c2ccccc2)CC1. The van der Waals surface area contributed by atoms with Gasteiger partial charge in [0.1, 0.15) is 0 Å². The molecule has 0 radical (unpaired) electrons. The summed E-state index contributed by atoms with van der Waals surface area (Å²) in [6, 6.07) is 10.5. The van der Waals surface area contributed by atoms with Crippen LogP contribution < -0.4 is 10.2 Å². The molecule has 0 saturated carbocycles. The van der Waals surface area contributed by atoms with Crippen molar-refractivity contribution in [3.63, 3.8) is 0 Å². The second-order valence-electron chi connectivity index (χ2n) is 4.66. The number of hydrogen-bond acceptors (Lipinski definition) is 3. The maximum absolute atomic E-state index is 11.0. The van der Waals surface area contributed by atoms with Crippen LogP contribution in [0, 0.1) is 0 Å². The molecule has 0 aliphatic carbocycles. The van der Waals surface area contributed by atoms with Crippen molar-refractivity contribution in [3.05, 3.63) is 43.0 Å². The highest BCUT2D eigenvalue weighted by Gasteiger charge is 2.16. The third-order valence-electron chi connectivity index (χ3n) is 3.41. The highest BCUT2D eigenvalue weighted by Crippen LogP contribution is 2.15. The molecule has 2 rings (SSSR count). The highest BCUT2D eigenvalue weighted by atomic mass is 16.1. The van der Waals surface area contributed by atoms with Gasteiger partial charge < -0.3 is 10.2 Å². The van der Waals surface area contributed by atoms with E-state index in [1.54, 1.807) is 0 Å². The number of anilines is 1. The molecule has 102 valence electrons. The lowest BCUT2D eigenvalue weighted by Crippen LogP contribution is -2.48. The Labute approximate surface area is 114 Å². The van der Waals surface area contributed by atoms with Gasteiger partial charge in [0.15, 0.2) is 0 Å². The number of benzene rings is 1. The molecule has 1 aromatic rings. The normalized spacial score (nSPS) is 16.1. The standard InChI is InChI=1S/C15H21N3O/c1-2-15(19)16-8-9-17-10-12-18(13-11-17)14-6-4-3-5-7-14/h2-7H,1,8-13H2,(H,16,19). The van der Waals surface area contributed by atoms with E-state index in [0.29, 0.717) is 6.54 Å². The summed E-state index contributed by atoms with van der Waals surface area (Å²) in [6.07, 6.45) is 1.31. The summed E-state index contributed by atoms with van der Waals surface area (Å²) in [4.78, 5) is 15.8. The van der Waals surface area contributed by atoms with Crippen molar-refractivity contribution in [2.45, 2.75) is 0 Å². The molecule has 1 saturated heterocycles. The van der Waals surface area contributed by atoms with Crippen LogP contribution in [0.2, 0.25) is 0 Å². The summed E-state index contributed by atoms with van der Waals surface area (Å²) in [5.74, 6) is -0.0945. The second-order valence-corrected chi connectivity index (χ2v) is 4.66. The zero-order chi connectivity index (χ0) is 13.5. The van der Waals surface area contributed by atoms with Crippen LogP contribution in [0.3, 0.4) is 0 Å². The Bertz CT molecular complexity index is 411. The van der Waals surface area contributed by atoms with Gasteiger partial charge in [-0.1, -0.05) is 24.8 Å². The molecule has 0 unspecified atom stereocenters. The van der Waals surface area contributed by atoms with Crippen molar-refractivity contribution in [2.75, 3.05) is 44.2 Å². The zero-order valence-corrected chi connectivity index (χ0v) is 11.2. The van der Waals surface area contributed by atoms with Crippen LogP contribution in [0.1, 0.15) is 0 Å². The van der Waals surface area contributed by atoms with Crippen LogP contribution in [0.5, 0.6) is 0 Å². The monoisotopic (exact) mass is 259 g/mol. The van der Waals surface area contributed by atoms with E-state index >= 15 is 0 Å². The Morgan fingerprint density at radius 3 is 2.53 bits per heavy atom. The maximum Gasteiger partial charge on any atom is 0.243 e. The fraction of sp³-hybridized carbons (Fsp3) is 0.400. The lowest BCUT2D eigenvalue weighted by molar-refractivity contribution is -0.116. The van der Waals surface area contributed by atoms with Gasteiger partial charge >= 0.3 is 0 Å². The van der Waals surface area contributed by atoms with Crippen molar-refractivity contribution in [1.82, 2.24) is 10.2 Å². The molecule has 1 fully saturated rings. The first-order valence-electron chi connectivity index (χ1n) is 6.72. The molecule has 1 aliphatic heterocycles. The quantitative estimate of drug-likeness (QED) is 0.805. The van der Waals surface area contributed by atoms with E-state index < -0.39 is 0 Å². The van der Waals surface area contributed by atoms with Gasteiger partial charge in [0, 0.05) is 45.0 Å². The Kier molecular flexibility index (Phi) is 4.98. The van der Waals surface area contributed by atoms with Crippen molar-refractivity contribution in [1.29, 1.82) is 0 Å². The molecule has 0 atom stereocenters. The fourth-order valence-electron chi connectivity index (χ4n) is 2.28. The minimum Gasteiger partial charge on any atom is -0.369 e. The van der Waals surface area contributed by atoms with Gasteiger partial charge in [-0.15, -0.1) is 0 Å². The number of rotatable bonds is 5. The van der Waals surface area contributed by atoms with E-state index in [-0.39, 0.29) is 5.91 Å². The van der Waals surface area contributed by atoms with Crippen molar-refractivity contribution < 1.29 is 4.79 Å². The Morgan fingerprint density at radius 1 is 1.21 bits per heavy atom. The minimum absolute atomic E-state index is 0.0945. The summed E-state index contributed by atoms with van der Waals surface area (Å²) >= 11 is 0. The molecule has 4 nitrogen and oxygen atoms in total. The van der Waals surface area contributed by atoms with Crippen molar-refractivity contribution >= 4 is 11.6 Å². The summed E-state index contributed by atoms with van der Waals surface area (Å²) in [7, 11) is 0. The smallest absolute Gasteiger partial charge is 0.243 e. The molecule has 1 N–H and O–H groups in total. The van der Waals surface area contributed by atoms with Crippen molar-refractivity contribution in [3.8, 4) is 0 Å². The number of nitrogens with one attached hydrogen (secondary N) is 1. The molecular formula is C15H21N3O. The number of carbonyl (C=O) groups is 1. The number of amides is 1. The van der Waals surface area contributed by atoms with Gasteiger partial charge in [0.2, 0.25) is 5.91 Å². The summed E-state index contributed by atoms with van der Waals surface area (Å²) in [5, 5.41) is 2.81. The third kappa shape index (κ3) is 4.10. The average molecular weight is 259 g/mol. The van der Waals surface area contributed by atoms with Gasteiger partial charge in [-0.05, 0) is 18.2 Å². The lowest BCUT2D eigenvalue weighted by Gasteiger charge is -2.36. The Balaban J connectivity index is 1.71. The second kappa shape index (κ2) is 6.95. The first-order valence-corrected chi connectivity index (χ1v) is 6.72. The van der Waals surface area contributed by atoms with Crippen LogP contribution >= 0.6 is 0 Å². The lowest BCUT2D eigenvalue weighted by atomic mass is 10.2. The minimum atomic E-state index is -0.0945. The average Bonchev–Trinajstić information content (AvgIpc) is 2.48. The molecule has 1 amide bonds. The number of hydrogen-bond donors (Lipinski definition) is 1. The fourth-order valence-corrected chi connectivity index (χ4v) is 2.28. The Morgan fingerprint density at radius 2 is 1.89 bits per heavy atom. The summed E-state index contributed by atoms with van der Waals surface area (Å²) in [5.41, 5.74) is 1.29. The van der Waals surface area contributed by atoms with Gasteiger partial charge in [0.05, 0.1) is 0 Å². The first kappa shape index (κ1) is 13.6. The van der Waals surface area contributed by atoms with Gasteiger partial charge in [0.25, 0.3) is 0 Å². The van der Waals surface area contributed by atoms with Crippen LogP contribution in [0.15, 0.2) is 43.0 Å². The van der Waals surface area contributed by atoms with Crippen LogP contribution in [0.25, 0.3) is 0 Å². The molecule has 4 heteroatoms.